The van der Waals surface area contributed by atoms with Crippen LogP contribution in [0.1, 0.15) is 27.9 Å². The molecule has 7 N–H and O–H groups in total. The van der Waals surface area contributed by atoms with Crippen molar-refractivity contribution >= 4 is 23.2 Å². The number of hydrogen-bond acceptors (Lipinski definition) is 11. The standard InChI is InChI=1S/C26H35N5O7/c1-29(2)15-9-12(10-28-31(5)6)20(32)17-13(15)7-11-8-14-19(30(3)4)22(34)18(25(27)37)24(36)26(14,38)23(35)16(11)21(17)33/h9,11,14,19,28,32,34-35,38H,7-8,10H2,1-6H3,(H2,27,37)/t11-,14-,19-,26-/m0/s1. The number of benzene rings is 1. The number of nitrogens with one attached hydrogen (secondary N) is 1. The van der Waals surface area contributed by atoms with E-state index in [0.717, 1.165) is 0 Å². The van der Waals surface area contributed by atoms with Gasteiger partial charge in [0.15, 0.2) is 11.4 Å². The number of aliphatic hydroxyl groups excluding tert-OH is 2. The van der Waals surface area contributed by atoms with E-state index in [1.54, 1.807) is 39.3 Å². The summed E-state index contributed by atoms with van der Waals surface area (Å²) in [5.74, 6) is -6.62. The molecule has 206 valence electrons. The Morgan fingerprint density at radius 2 is 1.76 bits per heavy atom. The molecule has 0 heterocycles. The third kappa shape index (κ3) is 3.87. The normalized spacial score (nSPS) is 27.0. The fraction of sp³-hybridized carbons (Fsp3) is 0.500. The van der Waals surface area contributed by atoms with Crippen molar-refractivity contribution < 1.29 is 34.8 Å². The first-order valence-electron chi connectivity index (χ1n) is 12.2. The Hall–Kier alpha value is -3.45. The number of aromatic hydroxyl groups is 1. The predicted octanol–water partition coefficient (Wildman–Crippen LogP) is -0.247. The van der Waals surface area contributed by atoms with Gasteiger partial charge < -0.3 is 31.1 Å². The molecule has 3 aliphatic carbocycles. The second-order valence-corrected chi connectivity index (χ2v) is 10.8. The Labute approximate surface area is 220 Å². The third-order valence-corrected chi connectivity index (χ3v) is 7.85. The van der Waals surface area contributed by atoms with E-state index in [4.69, 9.17) is 5.73 Å². The van der Waals surface area contributed by atoms with Crippen molar-refractivity contribution in [1.82, 2.24) is 15.3 Å². The van der Waals surface area contributed by atoms with Gasteiger partial charge in [0.2, 0.25) is 5.78 Å². The molecule has 0 saturated carbocycles. The number of ketones is 2. The fourth-order valence-corrected chi connectivity index (χ4v) is 6.13. The highest BCUT2D eigenvalue weighted by molar-refractivity contribution is 6.24. The molecule has 4 atom stereocenters. The Morgan fingerprint density at radius 1 is 1.13 bits per heavy atom. The Balaban J connectivity index is 1.95. The maximum atomic E-state index is 14.0. The molecule has 3 aliphatic rings. The van der Waals surface area contributed by atoms with Gasteiger partial charge in [0, 0.05) is 57.5 Å². The van der Waals surface area contributed by atoms with Gasteiger partial charge in [-0.3, -0.25) is 29.7 Å². The number of nitrogens with zero attached hydrogens (tertiary/aromatic N) is 3. The molecule has 0 bridgehead atoms. The number of phenols is 1. The number of carbonyl (C=O) groups is 3. The van der Waals surface area contributed by atoms with Crippen molar-refractivity contribution in [1.29, 1.82) is 0 Å². The number of primary amides is 1. The number of rotatable bonds is 6. The molecule has 38 heavy (non-hydrogen) atoms. The van der Waals surface area contributed by atoms with Crippen LogP contribution in [0.3, 0.4) is 0 Å². The summed E-state index contributed by atoms with van der Waals surface area (Å²) in [4.78, 5) is 42.8. The molecule has 0 spiro atoms. The monoisotopic (exact) mass is 529 g/mol. The van der Waals surface area contributed by atoms with Gasteiger partial charge >= 0.3 is 0 Å². The van der Waals surface area contributed by atoms with Crippen molar-refractivity contribution in [2.24, 2.45) is 17.6 Å². The summed E-state index contributed by atoms with van der Waals surface area (Å²) in [5.41, 5.74) is 6.51. The SMILES string of the molecule is CN(C)NCc1cc(N(C)C)c2c(c1O)C(=O)C1=C(O)[C@]3(O)C(=O)C(C(N)=O)=C(O)[C@@H](N(C)C)[C@@H]3C[C@@H]1C2. The minimum absolute atomic E-state index is 0.00691. The topological polar surface area (TPSA) is 180 Å². The molecule has 0 aliphatic heterocycles. The highest BCUT2D eigenvalue weighted by atomic mass is 16.3. The molecular weight excluding hydrogens is 494 g/mol. The second kappa shape index (κ2) is 9.38. The van der Waals surface area contributed by atoms with Crippen LogP contribution in [0, 0.1) is 11.8 Å². The molecule has 1 aromatic carbocycles. The van der Waals surface area contributed by atoms with Crippen molar-refractivity contribution in [3.05, 3.63) is 45.4 Å². The van der Waals surface area contributed by atoms with Crippen molar-refractivity contribution in [2.75, 3.05) is 47.2 Å². The minimum Gasteiger partial charge on any atom is -0.510 e. The molecule has 1 amide bonds. The van der Waals surface area contributed by atoms with E-state index in [1.165, 1.54) is 4.90 Å². The van der Waals surface area contributed by atoms with Crippen molar-refractivity contribution in [3.63, 3.8) is 0 Å². The largest absolute Gasteiger partial charge is 0.510 e. The van der Waals surface area contributed by atoms with Crippen LogP contribution >= 0.6 is 0 Å². The Kier molecular flexibility index (Phi) is 6.81. The molecule has 4 rings (SSSR count). The second-order valence-electron chi connectivity index (χ2n) is 10.8. The number of nitrogens with two attached hydrogens (primary N) is 1. The summed E-state index contributed by atoms with van der Waals surface area (Å²) in [6.07, 6.45) is 0.278. The number of carbonyl (C=O) groups excluding carboxylic acids is 3. The Morgan fingerprint density at radius 3 is 2.29 bits per heavy atom. The van der Waals surface area contributed by atoms with E-state index in [9.17, 15) is 34.8 Å². The number of fused-ring (bicyclic) bond motifs is 3. The van der Waals surface area contributed by atoms with Crippen LogP contribution in [0.4, 0.5) is 5.69 Å². The van der Waals surface area contributed by atoms with E-state index in [2.05, 4.69) is 5.43 Å². The van der Waals surface area contributed by atoms with Gasteiger partial charge in [0.05, 0.1) is 11.6 Å². The lowest BCUT2D eigenvalue weighted by Gasteiger charge is -2.50. The Bertz CT molecular complexity index is 1300. The van der Waals surface area contributed by atoms with Crippen LogP contribution < -0.4 is 16.1 Å². The average molecular weight is 530 g/mol. The van der Waals surface area contributed by atoms with E-state index in [1.807, 2.05) is 19.0 Å². The van der Waals surface area contributed by atoms with Gasteiger partial charge in [-0.05, 0) is 44.5 Å². The maximum Gasteiger partial charge on any atom is 0.255 e. The molecule has 0 radical (unpaired) electrons. The summed E-state index contributed by atoms with van der Waals surface area (Å²) in [5, 5.41) is 46.9. The van der Waals surface area contributed by atoms with Gasteiger partial charge in [-0.2, -0.15) is 0 Å². The van der Waals surface area contributed by atoms with Crippen LogP contribution in [0.5, 0.6) is 5.75 Å². The van der Waals surface area contributed by atoms with Gasteiger partial charge in [-0.1, -0.05) is 0 Å². The number of hydrazine groups is 1. The van der Waals surface area contributed by atoms with E-state index >= 15 is 0 Å². The first-order chi connectivity index (χ1) is 17.6. The van der Waals surface area contributed by atoms with Crippen LogP contribution in [0.25, 0.3) is 0 Å². The van der Waals surface area contributed by atoms with Crippen molar-refractivity contribution in [2.45, 2.75) is 31.0 Å². The van der Waals surface area contributed by atoms with E-state index < -0.39 is 58.0 Å². The number of hydrogen-bond donors (Lipinski definition) is 6. The number of phenolic OH excluding ortho intramolecular Hbond substituents is 1. The average Bonchev–Trinajstić information content (AvgIpc) is 2.80. The van der Waals surface area contributed by atoms with Gasteiger partial charge in [-0.15, -0.1) is 0 Å². The number of Topliss-reactive ketones (excluding diaryl/α,β-unsaturated/α-hetero) is 2. The van der Waals surface area contributed by atoms with E-state index in [-0.39, 0.29) is 36.3 Å². The number of likely N-dealkylation sites (N-methyl/N-ethyl adjacent to an activating group) is 1. The maximum absolute atomic E-state index is 14.0. The zero-order valence-corrected chi connectivity index (χ0v) is 22.4. The lowest BCUT2D eigenvalue weighted by Crippen LogP contribution is -2.63. The van der Waals surface area contributed by atoms with Gasteiger partial charge in [0.25, 0.3) is 5.91 Å². The van der Waals surface area contributed by atoms with Crippen LogP contribution in [-0.2, 0) is 22.6 Å². The first kappa shape index (κ1) is 27.6. The first-order valence-corrected chi connectivity index (χ1v) is 12.2. The molecule has 0 aromatic heterocycles. The summed E-state index contributed by atoms with van der Waals surface area (Å²) >= 11 is 0. The van der Waals surface area contributed by atoms with Crippen LogP contribution in [-0.4, -0.2) is 102 Å². The fourth-order valence-electron chi connectivity index (χ4n) is 6.13. The molecule has 0 saturated heterocycles. The number of anilines is 1. The van der Waals surface area contributed by atoms with Gasteiger partial charge in [-0.25, -0.2) is 0 Å². The van der Waals surface area contributed by atoms with Gasteiger partial charge in [0.1, 0.15) is 22.8 Å². The summed E-state index contributed by atoms with van der Waals surface area (Å²) in [6.45, 7) is 0.218. The minimum atomic E-state index is -2.66. The zero-order valence-electron chi connectivity index (χ0n) is 22.4. The molecule has 1 aromatic rings. The number of amides is 1. The summed E-state index contributed by atoms with van der Waals surface area (Å²) in [6, 6.07) is 0.771. The van der Waals surface area contributed by atoms with Crippen LogP contribution in [0.2, 0.25) is 0 Å². The van der Waals surface area contributed by atoms with Crippen LogP contribution in [0.15, 0.2) is 28.7 Å². The lowest BCUT2D eigenvalue weighted by atomic mass is 9.58. The molecule has 0 unspecified atom stereocenters. The number of allylic oxidation sites excluding steroid dienone is 1. The summed E-state index contributed by atoms with van der Waals surface area (Å²) in [7, 11) is 10.4. The zero-order chi connectivity index (χ0) is 28.4. The number of aliphatic hydroxyl groups is 3. The summed E-state index contributed by atoms with van der Waals surface area (Å²) < 4.78 is 0. The predicted molar refractivity (Wildman–Crippen MR) is 139 cm³/mol. The molecule has 12 nitrogen and oxygen atoms in total. The highest BCUT2D eigenvalue weighted by Gasteiger charge is 2.63. The molecule has 0 fully saturated rings. The molecular formula is C26H35N5O7. The molecule has 12 heteroatoms. The van der Waals surface area contributed by atoms with Crippen molar-refractivity contribution in [3.8, 4) is 5.75 Å². The van der Waals surface area contributed by atoms with E-state index in [0.29, 0.717) is 16.8 Å². The highest BCUT2D eigenvalue weighted by Crippen LogP contribution is 2.53. The smallest absolute Gasteiger partial charge is 0.255 e. The third-order valence-electron chi connectivity index (χ3n) is 7.85. The quantitative estimate of drug-likeness (QED) is 0.211. The lowest BCUT2D eigenvalue weighted by molar-refractivity contribution is -0.148.